The number of para-hydroxylation sites is 1. The summed E-state index contributed by atoms with van der Waals surface area (Å²) in [5, 5.41) is 1.16. The molecule has 3 heteroatoms. The van der Waals surface area contributed by atoms with Crippen LogP contribution in [0.5, 0.6) is 0 Å². The number of hydrogen-bond donors (Lipinski definition) is 0. The minimum atomic E-state index is 0.718. The predicted molar refractivity (Wildman–Crippen MR) is 100 cm³/mol. The fraction of sp³-hybridized carbons (Fsp3) is 0.333. The van der Waals surface area contributed by atoms with E-state index in [1.165, 1.54) is 18.4 Å². The van der Waals surface area contributed by atoms with Crippen molar-refractivity contribution in [3.63, 3.8) is 0 Å². The monoisotopic (exact) mass is 317 g/mol. The van der Waals surface area contributed by atoms with Crippen molar-refractivity contribution in [2.45, 2.75) is 26.7 Å². The first-order valence-corrected chi connectivity index (χ1v) is 8.79. The summed E-state index contributed by atoms with van der Waals surface area (Å²) in [6.07, 6.45) is 2.55. The van der Waals surface area contributed by atoms with E-state index < -0.39 is 0 Å². The molecule has 1 aliphatic rings. The van der Waals surface area contributed by atoms with Crippen LogP contribution in [0.1, 0.15) is 25.3 Å². The Bertz CT molecular complexity index is 855. The van der Waals surface area contributed by atoms with Gasteiger partial charge in [-0.05, 0) is 37.8 Å². The SMILES string of the molecule is Cc1ccc(-c2nc(N3CCC[C@H](C)C3)c3ccccc3n2)cc1. The fourth-order valence-corrected chi connectivity index (χ4v) is 3.51. The van der Waals surface area contributed by atoms with E-state index in [0.717, 1.165) is 47.1 Å². The van der Waals surface area contributed by atoms with Gasteiger partial charge in [0.2, 0.25) is 0 Å². The van der Waals surface area contributed by atoms with Crippen LogP contribution in [0.3, 0.4) is 0 Å². The van der Waals surface area contributed by atoms with Crippen LogP contribution >= 0.6 is 0 Å². The van der Waals surface area contributed by atoms with Crippen LogP contribution in [0, 0.1) is 12.8 Å². The molecule has 2 heterocycles. The number of aromatic nitrogens is 2. The molecule has 0 amide bonds. The van der Waals surface area contributed by atoms with Crippen molar-refractivity contribution in [3.8, 4) is 11.4 Å². The molecule has 3 aromatic rings. The molecule has 0 unspecified atom stereocenters. The van der Waals surface area contributed by atoms with Gasteiger partial charge in [0, 0.05) is 24.0 Å². The first-order chi connectivity index (χ1) is 11.7. The summed E-state index contributed by atoms with van der Waals surface area (Å²) in [6.45, 7) is 6.59. The van der Waals surface area contributed by atoms with Gasteiger partial charge in [0.1, 0.15) is 5.82 Å². The number of aryl methyl sites for hydroxylation is 1. The molecule has 122 valence electrons. The van der Waals surface area contributed by atoms with Gasteiger partial charge in [0.25, 0.3) is 0 Å². The maximum Gasteiger partial charge on any atom is 0.162 e. The molecule has 0 spiro atoms. The number of fused-ring (bicyclic) bond motifs is 1. The average Bonchev–Trinajstić information content (AvgIpc) is 2.61. The molecule has 2 aromatic carbocycles. The Morgan fingerprint density at radius 2 is 1.79 bits per heavy atom. The van der Waals surface area contributed by atoms with Crippen molar-refractivity contribution < 1.29 is 0 Å². The molecule has 1 fully saturated rings. The van der Waals surface area contributed by atoms with E-state index in [0.29, 0.717) is 0 Å². The lowest BCUT2D eigenvalue weighted by atomic mass is 10.00. The number of anilines is 1. The molecule has 3 nitrogen and oxygen atoms in total. The third-order valence-electron chi connectivity index (χ3n) is 4.85. The van der Waals surface area contributed by atoms with E-state index in [2.05, 4.69) is 67.3 Å². The van der Waals surface area contributed by atoms with Gasteiger partial charge in [-0.3, -0.25) is 0 Å². The summed E-state index contributed by atoms with van der Waals surface area (Å²) >= 11 is 0. The number of piperidine rings is 1. The molecule has 1 aliphatic heterocycles. The molecule has 24 heavy (non-hydrogen) atoms. The first-order valence-electron chi connectivity index (χ1n) is 8.79. The second-order valence-corrected chi connectivity index (χ2v) is 6.95. The third kappa shape index (κ3) is 2.86. The van der Waals surface area contributed by atoms with E-state index in [4.69, 9.17) is 9.97 Å². The highest BCUT2D eigenvalue weighted by atomic mass is 15.2. The Balaban J connectivity index is 1.86. The van der Waals surface area contributed by atoms with Crippen LogP contribution in [0.15, 0.2) is 48.5 Å². The fourth-order valence-electron chi connectivity index (χ4n) is 3.51. The smallest absolute Gasteiger partial charge is 0.162 e. The highest BCUT2D eigenvalue weighted by molar-refractivity contribution is 5.91. The number of hydrogen-bond acceptors (Lipinski definition) is 3. The summed E-state index contributed by atoms with van der Waals surface area (Å²) in [6, 6.07) is 16.8. The minimum Gasteiger partial charge on any atom is -0.356 e. The molecule has 0 saturated carbocycles. The van der Waals surface area contributed by atoms with Gasteiger partial charge in [0.05, 0.1) is 5.52 Å². The van der Waals surface area contributed by atoms with Crippen LogP contribution in [0.4, 0.5) is 5.82 Å². The van der Waals surface area contributed by atoms with Crippen LogP contribution in [0.2, 0.25) is 0 Å². The molecule has 0 radical (unpaired) electrons. The van der Waals surface area contributed by atoms with E-state index >= 15 is 0 Å². The highest BCUT2D eigenvalue weighted by Crippen LogP contribution is 2.30. The lowest BCUT2D eigenvalue weighted by molar-refractivity contribution is 0.445. The summed E-state index contributed by atoms with van der Waals surface area (Å²) in [7, 11) is 0. The van der Waals surface area contributed by atoms with Gasteiger partial charge < -0.3 is 4.90 Å². The van der Waals surface area contributed by atoms with E-state index in [1.54, 1.807) is 0 Å². The lowest BCUT2D eigenvalue weighted by Crippen LogP contribution is -2.35. The molecule has 1 atom stereocenters. The van der Waals surface area contributed by atoms with Crippen molar-refractivity contribution in [3.05, 3.63) is 54.1 Å². The molecule has 0 aliphatic carbocycles. The van der Waals surface area contributed by atoms with Gasteiger partial charge in [-0.15, -0.1) is 0 Å². The normalized spacial score (nSPS) is 18.1. The first kappa shape index (κ1) is 15.1. The van der Waals surface area contributed by atoms with Gasteiger partial charge in [-0.2, -0.15) is 0 Å². The number of rotatable bonds is 2. The van der Waals surface area contributed by atoms with Gasteiger partial charge in [-0.1, -0.05) is 48.9 Å². The maximum absolute atomic E-state index is 4.97. The van der Waals surface area contributed by atoms with Crippen molar-refractivity contribution in [1.29, 1.82) is 0 Å². The van der Waals surface area contributed by atoms with E-state index in [-0.39, 0.29) is 0 Å². The molecular formula is C21H23N3. The van der Waals surface area contributed by atoms with E-state index in [9.17, 15) is 0 Å². The van der Waals surface area contributed by atoms with Crippen LogP contribution in [-0.2, 0) is 0 Å². The molecule has 0 bridgehead atoms. The predicted octanol–water partition coefficient (Wildman–Crippen LogP) is 4.84. The van der Waals surface area contributed by atoms with Crippen molar-refractivity contribution >= 4 is 16.7 Å². The van der Waals surface area contributed by atoms with E-state index in [1.807, 2.05) is 0 Å². The Kier molecular flexibility index (Phi) is 3.93. The van der Waals surface area contributed by atoms with Gasteiger partial charge >= 0.3 is 0 Å². The average molecular weight is 317 g/mol. The van der Waals surface area contributed by atoms with Crippen molar-refractivity contribution in [2.24, 2.45) is 5.92 Å². The van der Waals surface area contributed by atoms with Crippen LogP contribution in [0.25, 0.3) is 22.3 Å². The molecule has 4 rings (SSSR count). The van der Waals surface area contributed by atoms with Gasteiger partial charge in [-0.25, -0.2) is 9.97 Å². The zero-order valence-electron chi connectivity index (χ0n) is 14.4. The standard InChI is InChI=1S/C21H23N3/c1-15-9-11-17(12-10-15)20-22-19-8-4-3-7-18(19)21(23-20)24-13-5-6-16(2)14-24/h3-4,7-12,16H,5-6,13-14H2,1-2H3/t16-/m0/s1. The van der Waals surface area contributed by atoms with Gasteiger partial charge in [0.15, 0.2) is 5.82 Å². The lowest BCUT2D eigenvalue weighted by Gasteiger charge is -2.32. The largest absolute Gasteiger partial charge is 0.356 e. The molecular weight excluding hydrogens is 294 g/mol. The summed E-state index contributed by atoms with van der Waals surface area (Å²) in [5.74, 6) is 2.62. The zero-order valence-corrected chi connectivity index (χ0v) is 14.4. The summed E-state index contributed by atoms with van der Waals surface area (Å²) in [5.41, 5.74) is 3.36. The molecule has 0 N–H and O–H groups in total. The minimum absolute atomic E-state index is 0.718. The second kappa shape index (κ2) is 6.23. The number of nitrogens with zero attached hydrogens (tertiary/aromatic N) is 3. The molecule has 1 aromatic heterocycles. The van der Waals surface area contributed by atoms with Crippen molar-refractivity contribution in [1.82, 2.24) is 9.97 Å². The summed E-state index contributed by atoms with van der Waals surface area (Å²) in [4.78, 5) is 12.2. The topological polar surface area (TPSA) is 29.0 Å². The number of benzene rings is 2. The Labute approximate surface area is 143 Å². The third-order valence-corrected chi connectivity index (χ3v) is 4.85. The Hall–Kier alpha value is -2.42. The van der Waals surface area contributed by atoms with Crippen LogP contribution < -0.4 is 4.90 Å². The summed E-state index contributed by atoms with van der Waals surface area (Å²) < 4.78 is 0. The Morgan fingerprint density at radius 3 is 2.58 bits per heavy atom. The highest BCUT2D eigenvalue weighted by Gasteiger charge is 2.20. The van der Waals surface area contributed by atoms with Crippen molar-refractivity contribution in [2.75, 3.05) is 18.0 Å². The second-order valence-electron chi connectivity index (χ2n) is 6.95. The Morgan fingerprint density at radius 1 is 1.00 bits per heavy atom. The van der Waals surface area contributed by atoms with Crippen LogP contribution in [-0.4, -0.2) is 23.1 Å². The molecule has 1 saturated heterocycles. The zero-order chi connectivity index (χ0) is 16.5. The quantitative estimate of drug-likeness (QED) is 0.677. The maximum atomic E-state index is 4.97.